The summed E-state index contributed by atoms with van der Waals surface area (Å²) in [4.78, 5) is 11.5. The smallest absolute Gasteiger partial charge is 0.233 e. The molecule has 18 heavy (non-hydrogen) atoms. The van der Waals surface area contributed by atoms with E-state index < -0.39 is 0 Å². The standard InChI is InChI=1S/C14H21FN2O/c1-14(2,3)17-10-13(18)16-9-8-11-4-6-12(15)7-5-11/h4-7,17H,8-10H2,1-3H3,(H,16,18). The molecule has 0 aromatic heterocycles. The highest BCUT2D eigenvalue weighted by Gasteiger charge is 2.10. The first kappa shape index (κ1) is 14.6. The molecule has 0 bridgehead atoms. The van der Waals surface area contributed by atoms with Gasteiger partial charge in [-0.15, -0.1) is 0 Å². The summed E-state index contributed by atoms with van der Waals surface area (Å²) in [7, 11) is 0. The first-order valence-corrected chi connectivity index (χ1v) is 6.13. The number of carbonyl (C=O) groups is 1. The van der Waals surface area contributed by atoms with E-state index in [4.69, 9.17) is 0 Å². The molecule has 3 nitrogen and oxygen atoms in total. The summed E-state index contributed by atoms with van der Waals surface area (Å²) in [6.45, 7) is 6.92. The molecule has 1 aromatic rings. The lowest BCUT2D eigenvalue weighted by atomic mass is 10.1. The van der Waals surface area contributed by atoms with Crippen molar-refractivity contribution >= 4 is 5.91 Å². The molecule has 0 aliphatic carbocycles. The van der Waals surface area contributed by atoms with E-state index in [-0.39, 0.29) is 17.3 Å². The van der Waals surface area contributed by atoms with Gasteiger partial charge in [-0.3, -0.25) is 4.79 Å². The van der Waals surface area contributed by atoms with Gasteiger partial charge in [-0.05, 0) is 44.9 Å². The van der Waals surface area contributed by atoms with Crippen LogP contribution >= 0.6 is 0 Å². The first-order valence-electron chi connectivity index (χ1n) is 6.13. The molecule has 100 valence electrons. The van der Waals surface area contributed by atoms with Crippen molar-refractivity contribution in [3.63, 3.8) is 0 Å². The number of hydrogen-bond acceptors (Lipinski definition) is 2. The molecule has 0 aliphatic rings. The molecule has 0 aliphatic heterocycles. The molecule has 0 spiro atoms. The Morgan fingerprint density at radius 3 is 2.39 bits per heavy atom. The topological polar surface area (TPSA) is 41.1 Å². The summed E-state index contributed by atoms with van der Waals surface area (Å²) in [6, 6.07) is 6.32. The fourth-order valence-corrected chi connectivity index (χ4v) is 1.41. The van der Waals surface area contributed by atoms with Crippen molar-refractivity contribution in [3.8, 4) is 0 Å². The molecule has 0 saturated heterocycles. The number of hydrogen-bond donors (Lipinski definition) is 2. The molecule has 0 heterocycles. The molecule has 0 atom stereocenters. The van der Waals surface area contributed by atoms with E-state index in [2.05, 4.69) is 10.6 Å². The van der Waals surface area contributed by atoms with Gasteiger partial charge >= 0.3 is 0 Å². The van der Waals surface area contributed by atoms with Crippen LogP contribution in [0.3, 0.4) is 0 Å². The maximum Gasteiger partial charge on any atom is 0.233 e. The zero-order valence-electron chi connectivity index (χ0n) is 11.2. The van der Waals surface area contributed by atoms with Gasteiger partial charge in [0.05, 0.1) is 6.54 Å². The predicted octanol–water partition coefficient (Wildman–Crippen LogP) is 1.87. The molecule has 0 fully saturated rings. The minimum absolute atomic E-state index is 0.0213. The third-order valence-corrected chi connectivity index (χ3v) is 2.43. The molecule has 4 heteroatoms. The fourth-order valence-electron chi connectivity index (χ4n) is 1.41. The van der Waals surface area contributed by atoms with E-state index in [0.717, 1.165) is 5.56 Å². The van der Waals surface area contributed by atoms with Gasteiger partial charge in [-0.25, -0.2) is 4.39 Å². The van der Waals surface area contributed by atoms with Crippen LogP contribution in [0.5, 0.6) is 0 Å². The van der Waals surface area contributed by atoms with Gasteiger partial charge in [0.15, 0.2) is 0 Å². The maximum atomic E-state index is 12.7. The summed E-state index contributed by atoms with van der Waals surface area (Å²) >= 11 is 0. The Hall–Kier alpha value is -1.42. The summed E-state index contributed by atoms with van der Waals surface area (Å²) in [5.74, 6) is -0.260. The average molecular weight is 252 g/mol. The van der Waals surface area contributed by atoms with E-state index >= 15 is 0 Å². The SMILES string of the molecule is CC(C)(C)NCC(=O)NCCc1ccc(F)cc1. The number of amides is 1. The second kappa shape index (κ2) is 6.50. The molecule has 1 amide bonds. The van der Waals surface area contributed by atoms with Crippen LogP contribution < -0.4 is 10.6 Å². The van der Waals surface area contributed by atoms with Gasteiger partial charge in [0.25, 0.3) is 0 Å². The Morgan fingerprint density at radius 1 is 1.22 bits per heavy atom. The molecular weight excluding hydrogens is 231 g/mol. The van der Waals surface area contributed by atoms with Gasteiger partial charge in [0.2, 0.25) is 5.91 Å². The van der Waals surface area contributed by atoms with Crippen LogP contribution in [-0.4, -0.2) is 24.5 Å². The number of rotatable bonds is 5. The van der Waals surface area contributed by atoms with Gasteiger partial charge in [-0.2, -0.15) is 0 Å². The molecule has 2 N–H and O–H groups in total. The summed E-state index contributed by atoms with van der Waals surface area (Å²) < 4.78 is 12.7. The minimum Gasteiger partial charge on any atom is -0.355 e. The van der Waals surface area contributed by atoms with E-state index in [1.807, 2.05) is 20.8 Å². The summed E-state index contributed by atoms with van der Waals surface area (Å²) in [5.41, 5.74) is 0.953. The van der Waals surface area contributed by atoms with Crippen molar-refractivity contribution in [1.82, 2.24) is 10.6 Å². The normalized spacial score (nSPS) is 11.3. The van der Waals surface area contributed by atoms with Crippen molar-refractivity contribution in [2.75, 3.05) is 13.1 Å². The predicted molar refractivity (Wildman–Crippen MR) is 70.9 cm³/mol. The van der Waals surface area contributed by atoms with Crippen LogP contribution in [0.4, 0.5) is 4.39 Å². The number of nitrogens with one attached hydrogen (secondary N) is 2. The van der Waals surface area contributed by atoms with E-state index in [9.17, 15) is 9.18 Å². The second-order valence-corrected chi connectivity index (χ2v) is 5.33. The summed E-state index contributed by atoms with van der Waals surface area (Å²) in [6.07, 6.45) is 0.710. The maximum absolute atomic E-state index is 12.7. The number of benzene rings is 1. The highest BCUT2D eigenvalue weighted by atomic mass is 19.1. The lowest BCUT2D eigenvalue weighted by Crippen LogP contribution is -2.43. The van der Waals surface area contributed by atoms with E-state index in [1.165, 1.54) is 12.1 Å². The quantitative estimate of drug-likeness (QED) is 0.840. The van der Waals surface area contributed by atoms with Crippen LogP contribution in [0.15, 0.2) is 24.3 Å². The van der Waals surface area contributed by atoms with Gasteiger partial charge in [0.1, 0.15) is 5.82 Å². The lowest BCUT2D eigenvalue weighted by molar-refractivity contribution is -0.120. The third kappa shape index (κ3) is 6.35. The van der Waals surface area contributed by atoms with Crippen molar-refractivity contribution in [2.24, 2.45) is 0 Å². The monoisotopic (exact) mass is 252 g/mol. The Kier molecular flexibility index (Phi) is 5.28. The second-order valence-electron chi connectivity index (χ2n) is 5.33. The third-order valence-electron chi connectivity index (χ3n) is 2.43. The molecule has 1 rings (SSSR count). The molecule has 0 saturated carbocycles. The van der Waals surface area contributed by atoms with Crippen LogP contribution in [-0.2, 0) is 11.2 Å². The minimum atomic E-state index is -0.239. The average Bonchev–Trinajstić information content (AvgIpc) is 2.28. The highest BCUT2D eigenvalue weighted by Crippen LogP contribution is 2.02. The zero-order chi connectivity index (χ0) is 13.6. The summed E-state index contributed by atoms with van der Waals surface area (Å²) in [5, 5.41) is 5.94. The number of halogens is 1. The van der Waals surface area contributed by atoms with Gasteiger partial charge in [0, 0.05) is 12.1 Å². The molecule has 0 unspecified atom stereocenters. The van der Waals surface area contributed by atoms with Crippen LogP contribution in [0.25, 0.3) is 0 Å². The number of carbonyl (C=O) groups excluding carboxylic acids is 1. The van der Waals surface area contributed by atoms with Crippen molar-refractivity contribution in [3.05, 3.63) is 35.6 Å². The van der Waals surface area contributed by atoms with E-state index in [1.54, 1.807) is 12.1 Å². The molecule has 0 radical (unpaired) electrons. The largest absolute Gasteiger partial charge is 0.355 e. The Labute approximate surface area is 108 Å². The van der Waals surface area contributed by atoms with Gasteiger partial charge < -0.3 is 10.6 Å². The van der Waals surface area contributed by atoms with E-state index in [0.29, 0.717) is 19.5 Å². The van der Waals surface area contributed by atoms with Crippen molar-refractivity contribution < 1.29 is 9.18 Å². The Balaban J connectivity index is 2.21. The van der Waals surface area contributed by atoms with Crippen LogP contribution in [0.1, 0.15) is 26.3 Å². The zero-order valence-corrected chi connectivity index (χ0v) is 11.2. The Bertz CT molecular complexity index is 382. The fraction of sp³-hybridized carbons (Fsp3) is 0.500. The van der Waals surface area contributed by atoms with Crippen molar-refractivity contribution in [1.29, 1.82) is 0 Å². The molecule has 1 aromatic carbocycles. The van der Waals surface area contributed by atoms with Gasteiger partial charge in [-0.1, -0.05) is 12.1 Å². The van der Waals surface area contributed by atoms with Crippen LogP contribution in [0.2, 0.25) is 0 Å². The van der Waals surface area contributed by atoms with Crippen molar-refractivity contribution in [2.45, 2.75) is 32.7 Å². The molecular formula is C14H21FN2O. The lowest BCUT2D eigenvalue weighted by Gasteiger charge is -2.19. The first-order chi connectivity index (χ1) is 8.37. The van der Waals surface area contributed by atoms with Crippen LogP contribution in [0, 0.1) is 5.82 Å². The Morgan fingerprint density at radius 2 is 1.83 bits per heavy atom. The highest BCUT2D eigenvalue weighted by molar-refractivity contribution is 5.78.